The molecule has 2 heterocycles. The van der Waals surface area contributed by atoms with E-state index < -0.39 is 17.6 Å². The van der Waals surface area contributed by atoms with E-state index in [1.54, 1.807) is 0 Å². The summed E-state index contributed by atoms with van der Waals surface area (Å²) in [6.45, 7) is 5.13. The lowest BCUT2D eigenvalue weighted by Crippen LogP contribution is -2.39. The average Bonchev–Trinajstić information content (AvgIpc) is 2.70. The molecule has 0 radical (unpaired) electrons. The van der Waals surface area contributed by atoms with Gasteiger partial charge in [-0.2, -0.15) is 0 Å². The monoisotopic (exact) mass is 406 g/mol. The Morgan fingerprint density at radius 3 is 2.62 bits per heavy atom. The van der Waals surface area contributed by atoms with Gasteiger partial charge in [0, 0.05) is 38.0 Å². The van der Waals surface area contributed by atoms with Crippen molar-refractivity contribution in [3.63, 3.8) is 0 Å². The van der Waals surface area contributed by atoms with Crippen molar-refractivity contribution in [2.24, 2.45) is 0 Å². The van der Waals surface area contributed by atoms with Crippen LogP contribution in [-0.4, -0.2) is 48.3 Å². The maximum atomic E-state index is 13.8. The minimum Gasteiger partial charge on any atom is -0.487 e. The van der Waals surface area contributed by atoms with Crippen molar-refractivity contribution in [2.45, 2.75) is 38.8 Å². The Morgan fingerprint density at radius 2 is 2.00 bits per heavy atom. The molecular weight excluding hydrogens is 382 g/mol. The van der Waals surface area contributed by atoms with Gasteiger partial charge in [-0.05, 0) is 26.0 Å². The van der Waals surface area contributed by atoms with Crippen LogP contribution in [0.4, 0.5) is 20.4 Å². The van der Waals surface area contributed by atoms with Crippen LogP contribution in [0.1, 0.15) is 37.2 Å². The van der Waals surface area contributed by atoms with Crippen molar-refractivity contribution in [2.75, 3.05) is 30.4 Å². The number of carbonyl (C=O) groups excluding carboxylic acids is 1. The van der Waals surface area contributed by atoms with Gasteiger partial charge in [0.2, 0.25) is 0 Å². The zero-order valence-electron chi connectivity index (χ0n) is 16.6. The van der Waals surface area contributed by atoms with E-state index in [1.165, 1.54) is 25.4 Å². The maximum absolute atomic E-state index is 13.8. The lowest BCUT2D eigenvalue weighted by atomic mass is 10.1. The van der Waals surface area contributed by atoms with Gasteiger partial charge in [0.15, 0.2) is 28.9 Å². The molecule has 1 N–H and O–H groups in total. The minimum atomic E-state index is -0.715. The predicted octanol–water partition coefficient (Wildman–Crippen LogP) is 3.41. The summed E-state index contributed by atoms with van der Waals surface area (Å²) >= 11 is 0. The summed E-state index contributed by atoms with van der Waals surface area (Å²) in [7, 11) is 1.29. The molecule has 0 unspecified atom stereocenters. The van der Waals surface area contributed by atoms with Crippen molar-refractivity contribution in [1.29, 1.82) is 0 Å². The Hall–Kier alpha value is -2.97. The molecule has 1 aromatic heterocycles. The number of benzene rings is 1. The van der Waals surface area contributed by atoms with E-state index >= 15 is 0 Å². The number of carbonyl (C=O) groups is 1. The molecule has 0 aliphatic carbocycles. The normalized spacial score (nSPS) is 14.8. The summed E-state index contributed by atoms with van der Waals surface area (Å²) in [4.78, 5) is 22.6. The van der Waals surface area contributed by atoms with Crippen LogP contribution in [0, 0.1) is 11.6 Å². The fourth-order valence-electron chi connectivity index (χ4n) is 3.11. The van der Waals surface area contributed by atoms with Crippen LogP contribution in [-0.2, 0) is 4.74 Å². The molecular formula is C20H24F2N4O3. The highest BCUT2D eigenvalue weighted by atomic mass is 19.1. The summed E-state index contributed by atoms with van der Waals surface area (Å²) in [5.41, 5.74) is 0.128. The fourth-order valence-corrected chi connectivity index (χ4v) is 3.11. The van der Waals surface area contributed by atoms with Crippen LogP contribution in [0.15, 0.2) is 24.4 Å². The Labute approximate surface area is 168 Å². The van der Waals surface area contributed by atoms with E-state index in [2.05, 4.69) is 15.3 Å². The Morgan fingerprint density at radius 1 is 1.28 bits per heavy atom. The standard InChI is InChI=1S/C20H24F2N4O3/c1-12(2)24-18-19(25-16(11-23-18)20(27)28-3)26-8-6-14(7-9-26)29-17-5-4-13(21)10-15(17)22/h4-5,10-12,14H,6-9H2,1-3H3,(H,23,24). The lowest BCUT2D eigenvalue weighted by molar-refractivity contribution is 0.0593. The Kier molecular flexibility index (Phi) is 6.46. The molecule has 0 bridgehead atoms. The van der Waals surface area contributed by atoms with Gasteiger partial charge < -0.3 is 19.7 Å². The van der Waals surface area contributed by atoms with E-state index in [9.17, 15) is 13.6 Å². The summed E-state index contributed by atoms with van der Waals surface area (Å²) in [5.74, 6) is -0.727. The van der Waals surface area contributed by atoms with Gasteiger partial charge in [-0.3, -0.25) is 0 Å². The topological polar surface area (TPSA) is 76.6 Å². The van der Waals surface area contributed by atoms with Crippen LogP contribution >= 0.6 is 0 Å². The molecule has 1 aliphatic rings. The summed E-state index contributed by atoms with van der Waals surface area (Å²) in [5, 5.41) is 3.23. The first kappa shape index (κ1) is 20.8. The van der Waals surface area contributed by atoms with E-state index in [4.69, 9.17) is 9.47 Å². The smallest absolute Gasteiger partial charge is 0.358 e. The first-order valence-electron chi connectivity index (χ1n) is 9.46. The van der Waals surface area contributed by atoms with Crippen LogP contribution in [0.3, 0.4) is 0 Å². The number of halogens is 2. The number of ether oxygens (including phenoxy) is 2. The number of esters is 1. The average molecular weight is 406 g/mol. The van der Waals surface area contributed by atoms with Gasteiger partial charge in [-0.15, -0.1) is 0 Å². The van der Waals surface area contributed by atoms with Crippen molar-refractivity contribution in [3.8, 4) is 5.75 Å². The van der Waals surface area contributed by atoms with Gasteiger partial charge in [0.25, 0.3) is 0 Å². The third-order valence-corrected chi connectivity index (χ3v) is 4.50. The van der Waals surface area contributed by atoms with Gasteiger partial charge in [-0.25, -0.2) is 23.5 Å². The van der Waals surface area contributed by atoms with Gasteiger partial charge in [0.1, 0.15) is 11.9 Å². The molecule has 1 fully saturated rings. The first-order chi connectivity index (χ1) is 13.9. The quantitative estimate of drug-likeness (QED) is 0.737. The van der Waals surface area contributed by atoms with E-state index in [-0.39, 0.29) is 23.6 Å². The third kappa shape index (κ3) is 5.10. The maximum Gasteiger partial charge on any atom is 0.358 e. The van der Waals surface area contributed by atoms with Gasteiger partial charge in [-0.1, -0.05) is 0 Å². The zero-order chi connectivity index (χ0) is 21.0. The highest BCUT2D eigenvalue weighted by Crippen LogP contribution is 2.28. The molecule has 1 saturated heterocycles. The molecule has 7 nitrogen and oxygen atoms in total. The number of anilines is 2. The second-order valence-corrected chi connectivity index (χ2v) is 7.10. The van der Waals surface area contributed by atoms with Crippen molar-refractivity contribution in [1.82, 2.24) is 9.97 Å². The molecule has 0 spiro atoms. The first-order valence-corrected chi connectivity index (χ1v) is 9.46. The Balaban J connectivity index is 1.72. The number of methoxy groups -OCH3 is 1. The van der Waals surface area contributed by atoms with Crippen LogP contribution in [0.5, 0.6) is 5.75 Å². The second-order valence-electron chi connectivity index (χ2n) is 7.10. The number of hydrogen-bond acceptors (Lipinski definition) is 7. The number of nitrogens with zero attached hydrogens (tertiary/aromatic N) is 3. The molecule has 29 heavy (non-hydrogen) atoms. The third-order valence-electron chi connectivity index (χ3n) is 4.50. The van der Waals surface area contributed by atoms with Crippen LogP contribution in [0.2, 0.25) is 0 Å². The molecule has 0 saturated carbocycles. The van der Waals surface area contributed by atoms with Gasteiger partial charge >= 0.3 is 5.97 Å². The zero-order valence-corrected chi connectivity index (χ0v) is 16.6. The van der Waals surface area contributed by atoms with Crippen molar-refractivity contribution < 1.29 is 23.0 Å². The van der Waals surface area contributed by atoms with E-state index in [0.29, 0.717) is 37.6 Å². The molecule has 0 atom stereocenters. The van der Waals surface area contributed by atoms with E-state index in [1.807, 2.05) is 18.7 Å². The molecule has 1 aromatic carbocycles. The molecule has 2 aromatic rings. The summed E-state index contributed by atoms with van der Waals surface area (Å²) in [6.07, 6.45) is 2.40. The molecule has 156 valence electrons. The minimum absolute atomic E-state index is 0.0412. The predicted molar refractivity (Wildman–Crippen MR) is 104 cm³/mol. The summed E-state index contributed by atoms with van der Waals surface area (Å²) in [6, 6.07) is 3.41. The van der Waals surface area contributed by atoms with Crippen molar-refractivity contribution in [3.05, 3.63) is 41.7 Å². The summed E-state index contributed by atoms with van der Waals surface area (Å²) < 4.78 is 37.3. The number of piperidine rings is 1. The largest absolute Gasteiger partial charge is 0.487 e. The number of aromatic nitrogens is 2. The number of nitrogens with one attached hydrogen (secondary N) is 1. The van der Waals surface area contributed by atoms with Crippen molar-refractivity contribution >= 4 is 17.6 Å². The second kappa shape index (κ2) is 9.02. The SMILES string of the molecule is COC(=O)c1cnc(NC(C)C)c(N2CCC(Oc3ccc(F)cc3F)CC2)n1. The molecule has 1 aliphatic heterocycles. The van der Waals surface area contributed by atoms with Crippen LogP contribution < -0.4 is 15.0 Å². The lowest BCUT2D eigenvalue weighted by Gasteiger charge is -2.34. The molecule has 0 amide bonds. The molecule has 3 rings (SSSR count). The Bertz CT molecular complexity index is 871. The molecule has 9 heteroatoms. The van der Waals surface area contributed by atoms with E-state index in [0.717, 1.165) is 6.07 Å². The van der Waals surface area contributed by atoms with Crippen LogP contribution in [0.25, 0.3) is 0 Å². The fraction of sp³-hybridized carbons (Fsp3) is 0.450. The highest BCUT2D eigenvalue weighted by molar-refractivity contribution is 5.87. The number of rotatable bonds is 6. The highest BCUT2D eigenvalue weighted by Gasteiger charge is 2.26. The number of hydrogen-bond donors (Lipinski definition) is 1. The van der Waals surface area contributed by atoms with Gasteiger partial charge in [0.05, 0.1) is 13.3 Å².